The lowest BCUT2D eigenvalue weighted by Gasteiger charge is -2.22. The molecule has 2 atom stereocenters. The van der Waals surface area contributed by atoms with Crippen LogP contribution in [-0.2, 0) is 4.79 Å². The molecule has 3 heteroatoms. The molecule has 0 aromatic heterocycles. The summed E-state index contributed by atoms with van der Waals surface area (Å²) in [5.74, 6) is 0.981. The molecule has 2 unspecified atom stereocenters. The molecular formula is C13H22N2O. The molecule has 1 heterocycles. The van der Waals surface area contributed by atoms with E-state index in [1.807, 2.05) is 0 Å². The van der Waals surface area contributed by atoms with E-state index in [1.165, 1.54) is 19.3 Å². The van der Waals surface area contributed by atoms with E-state index in [4.69, 9.17) is 0 Å². The lowest BCUT2D eigenvalue weighted by molar-refractivity contribution is -0.121. The lowest BCUT2D eigenvalue weighted by Crippen LogP contribution is -2.35. The maximum atomic E-state index is 11.4. The summed E-state index contributed by atoms with van der Waals surface area (Å²) in [5.41, 5.74) is 0. The molecule has 1 aliphatic carbocycles. The second-order valence-corrected chi connectivity index (χ2v) is 4.95. The van der Waals surface area contributed by atoms with E-state index in [9.17, 15) is 4.79 Å². The van der Waals surface area contributed by atoms with Gasteiger partial charge >= 0.3 is 0 Å². The number of rotatable bonds is 3. The third kappa shape index (κ3) is 3.63. The van der Waals surface area contributed by atoms with Gasteiger partial charge in [0.15, 0.2) is 0 Å². The average molecular weight is 222 g/mol. The van der Waals surface area contributed by atoms with Crippen LogP contribution in [0.25, 0.3) is 0 Å². The molecule has 2 rings (SSSR count). The van der Waals surface area contributed by atoms with E-state index in [0.29, 0.717) is 12.5 Å². The highest BCUT2D eigenvalue weighted by molar-refractivity contribution is 5.76. The standard InChI is InChI=1S/C13H22N2O/c16-13-9-12(7-4-8-14-13)15-10-11-5-2-1-3-6-11/h1-2,11-12,15H,3-10H2,(H,14,16). The predicted octanol–water partition coefficient (Wildman–Crippen LogP) is 1.60. The Labute approximate surface area is 97.7 Å². The molecule has 1 aliphatic heterocycles. The SMILES string of the molecule is O=C1CC(NCC2CC=CCC2)CCCN1. The number of allylic oxidation sites excluding steroid dienone is 2. The summed E-state index contributed by atoms with van der Waals surface area (Å²) in [5, 5.41) is 6.49. The molecule has 1 saturated heterocycles. The second kappa shape index (κ2) is 6.04. The largest absolute Gasteiger partial charge is 0.356 e. The molecule has 0 bridgehead atoms. The Morgan fingerprint density at radius 1 is 1.38 bits per heavy atom. The van der Waals surface area contributed by atoms with Gasteiger partial charge in [0.1, 0.15) is 0 Å². The van der Waals surface area contributed by atoms with Crippen molar-refractivity contribution < 1.29 is 4.79 Å². The Bertz CT molecular complexity index is 263. The van der Waals surface area contributed by atoms with Gasteiger partial charge in [-0.15, -0.1) is 0 Å². The zero-order valence-corrected chi connectivity index (χ0v) is 9.87. The molecule has 90 valence electrons. The number of carbonyl (C=O) groups excluding carboxylic acids is 1. The van der Waals surface area contributed by atoms with Crippen LogP contribution in [0.3, 0.4) is 0 Å². The normalized spacial score (nSPS) is 30.9. The van der Waals surface area contributed by atoms with Gasteiger partial charge in [0, 0.05) is 19.0 Å². The zero-order chi connectivity index (χ0) is 11.2. The number of nitrogens with one attached hydrogen (secondary N) is 2. The fourth-order valence-electron chi connectivity index (χ4n) is 2.52. The molecule has 3 nitrogen and oxygen atoms in total. The van der Waals surface area contributed by atoms with Crippen LogP contribution in [-0.4, -0.2) is 25.0 Å². The molecule has 16 heavy (non-hydrogen) atoms. The highest BCUT2D eigenvalue weighted by atomic mass is 16.1. The Balaban J connectivity index is 1.71. The highest BCUT2D eigenvalue weighted by Gasteiger charge is 2.18. The quantitative estimate of drug-likeness (QED) is 0.712. The summed E-state index contributed by atoms with van der Waals surface area (Å²) in [7, 11) is 0. The molecule has 0 saturated carbocycles. The summed E-state index contributed by atoms with van der Waals surface area (Å²) in [6.07, 6.45) is 11.2. The summed E-state index contributed by atoms with van der Waals surface area (Å²) >= 11 is 0. The third-order valence-corrected chi connectivity index (χ3v) is 3.56. The summed E-state index contributed by atoms with van der Waals surface area (Å²) < 4.78 is 0. The van der Waals surface area contributed by atoms with Crippen LogP contribution in [0.1, 0.15) is 38.5 Å². The average Bonchev–Trinajstić information content (AvgIpc) is 2.52. The molecule has 2 aliphatic rings. The van der Waals surface area contributed by atoms with Gasteiger partial charge in [-0.2, -0.15) is 0 Å². The molecule has 1 amide bonds. The first-order valence-electron chi connectivity index (χ1n) is 6.49. The molecule has 2 N–H and O–H groups in total. The van der Waals surface area contributed by atoms with E-state index in [0.717, 1.165) is 31.8 Å². The summed E-state index contributed by atoms with van der Waals surface area (Å²) in [6.45, 7) is 1.92. The molecule has 0 aromatic rings. The maximum absolute atomic E-state index is 11.4. The van der Waals surface area contributed by atoms with Gasteiger partial charge in [0.2, 0.25) is 5.91 Å². The van der Waals surface area contributed by atoms with Gasteiger partial charge in [0.05, 0.1) is 0 Å². The van der Waals surface area contributed by atoms with Crippen molar-refractivity contribution in [1.29, 1.82) is 0 Å². The monoisotopic (exact) mass is 222 g/mol. The van der Waals surface area contributed by atoms with Crippen molar-refractivity contribution in [3.8, 4) is 0 Å². The van der Waals surface area contributed by atoms with Crippen molar-refractivity contribution in [2.45, 2.75) is 44.6 Å². The first-order chi connectivity index (χ1) is 7.84. The minimum Gasteiger partial charge on any atom is -0.356 e. The summed E-state index contributed by atoms with van der Waals surface area (Å²) in [4.78, 5) is 11.4. The van der Waals surface area contributed by atoms with E-state index in [2.05, 4.69) is 22.8 Å². The first-order valence-corrected chi connectivity index (χ1v) is 6.49. The minimum atomic E-state index is 0.207. The van der Waals surface area contributed by atoms with Gasteiger partial charge in [-0.25, -0.2) is 0 Å². The number of amides is 1. The van der Waals surface area contributed by atoms with Crippen molar-refractivity contribution in [2.24, 2.45) is 5.92 Å². The molecule has 0 aromatic carbocycles. The highest BCUT2D eigenvalue weighted by Crippen LogP contribution is 2.17. The van der Waals surface area contributed by atoms with E-state index < -0.39 is 0 Å². The van der Waals surface area contributed by atoms with Crippen molar-refractivity contribution in [3.63, 3.8) is 0 Å². The molecule has 1 fully saturated rings. The van der Waals surface area contributed by atoms with Crippen LogP contribution in [0.4, 0.5) is 0 Å². The van der Waals surface area contributed by atoms with Gasteiger partial charge in [-0.05, 0) is 44.6 Å². The smallest absolute Gasteiger partial charge is 0.221 e. The fraction of sp³-hybridized carbons (Fsp3) is 0.769. The van der Waals surface area contributed by atoms with Crippen molar-refractivity contribution >= 4 is 5.91 Å². The zero-order valence-electron chi connectivity index (χ0n) is 9.87. The molecular weight excluding hydrogens is 200 g/mol. The van der Waals surface area contributed by atoms with E-state index in [-0.39, 0.29) is 5.91 Å². The Kier molecular flexibility index (Phi) is 4.40. The van der Waals surface area contributed by atoms with Crippen LogP contribution in [0.2, 0.25) is 0 Å². The van der Waals surface area contributed by atoms with Crippen LogP contribution >= 0.6 is 0 Å². The Morgan fingerprint density at radius 3 is 3.12 bits per heavy atom. The number of hydrogen-bond donors (Lipinski definition) is 2. The van der Waals surface area contributed by atoms with Gasteiger partial charge in [0.25, 0.3) is 0 Å². The number of hydrogen-bond acceptors (Lipinski definition) is 2. The Morgan fingerprint density at radius 2 is 2.31 bits per heavy atom. The van der Waals surface area contributed by atoms with Crippen molar-refractivity contribution in [3.05, 3.63) is 12.2 Å². The van der Waals surface area contributed by atoms with Gasteiger partial charge in [-0.1, -0.05) is 12.2 Å². The predicted molar refractivity (Wildman–Crippen MR) is 65.1 cm³/mol. The first kappa shape index (κ1) is 11.6. The van der Waals surface area contributed by atoms with Crippen LogP contribution in [0, 0.1) is 5.92 Å². The topological polar surface area (TPSA) is 41.1 Å². The van der Waals surface area contributed by atoms with Gasteiger partial charge in [-0.3, -0.25) is 4.79 Å². The molecule has 0 radical (unpaired) electrons. The second-order valence-electron chi connectivity index (χ2n) is 4.95. The van der Waals surface area contributed by atoms with E-state index in [1.54, 1.807) is 0 Å². The fourth-order valence-corrected chi connectivity index (χ4v) is 2.52. The van der Waals surface area contributed by atoms with Crippen LogP contribution in [0.5, 0.6) is 0 Å². The van der Waals surface area contributed by atoms with Gasteiger partial charge < -0.3 is 10.6 Å². The van der Waals surface area contributed by atoms with E-state index >= 15 is 0 Å². The minimum absolute atomic E-state index is 0.207. The lowest BCUT2D eigenvalue weighted by atomic mass is 9.94. The van der Waals surface area contributed by atoms with Crippen LogP contribution in [0.15, 0.2) is 12.2 Å². The van der Waals surface area contributed by atoms with Crippen molar-refractivity contribution in [1.82, 2.24) is 10.6 Å². The summed E-state index contributed by atoms with van der Waals surface area (Å²) in [6, 6.07) is 0.397. The maximum Gasteiger partial charge on any atom is 0.221 e. The Hall–Kier alpha value is -0.830. The van der Waals surface area contributed by atoms with Crippen LogP contribution < -0.4 is 10.6 Å². The third-order valence-electron chi connectivity index (χ3n) is 3.56. The van der Waals surface area contributed by atoms with Crippen molar-refractivity contribution in [2.75, 3.05) is 13.1 Å². The number of carbonyl (C=O) groups is 1. The molecule has 0 spiro atoms.